The predicted molar refractivity (Wildman–Crippen MR) is 74.8 cm³/mol. The van der Waals surface area contributed by atoms with Crippen LogP contribution in [0.3, 0.4) is 0 Å². The van der Waals surface area contributed by atoms with Crippen LogP contribution >= 0.6 is 22.9 Å². The van der Waals surface area contributed by atoms with E-state index < -0.39 is 4.92 Å². The highest BCUT2D eigenvalue weighted by molar-refractivity contribution is 7.11. The maximum atomic E-state index is 10.9. The minimum absolute atomic E-state index is 0.142. The van der Waals surface area contributed by atoms with Gasteiger partial charge in [-0.2, -0.15) is 0 Å². The molecule has 0 aliphatic carbocycles. The van der Waals surface area contributed by atoms with Gasteiger partial charge in [-0.25, -0.2) is 9.97 Å². The average Bonchev–Trinajstić information content (AvgIpc) is 2.66. The smallest absolute Gasteiger partial charge is 0.312 e. The third-order valence-corrected chi connectivity index (χ3v) is 3.59. The zero-order valence-corrected chi connectivity index (χ0v) is 11.9. The topological polar surface area (TPSA) is 81.0 Å². The Morgan fingerprint density at radius 1 is 1.53 bits per heavy atom. The Hall–Kier alpha value is -1.73. The van der Waals surface area contributed by atoms with Crippen LogP contribution in [0.4, 0.5) is 11.5 Å². The average molecular weight is 299 g/mol. The van der Waals surface area contributed by atoms with E-state index in [1.807, 2.05) is 13.8 Å². The Bertz CT molecular complexity index is 629. The molecule has 100 valence electrons. The number of rotatable bonds is 4. The fourth-order valence-corrected chi connectivity index (χ4v) is 2.59. The highest BCUT2D eigenvalue weighted by atomic mass is 35.5. The van der Waals surface area contributed by atoms with E-state index in [2.05, 4.69) is 15.3 Å². The van der Waals surface area contributed by atoms with Crippen molar-refractivity contribution in [1.29, 1.82) is 0 Å². The van der Waals surface area contributed by atoms with E-state index >= 15 is 0 Å². The summed E-state index contributed by atoms with van der Waals surface area (Å²) < 4.78 is 0. The number of hydrogen-bond donors (Lipinski definition) is 1. The van der Waals surface area contributed by atoms with Crippen LogP contribution in [0.25, 0.3) is 0 Å². The highest BCUT2D eigenvalue weighted by Gasteiger charge is 2.16. The Labute approximate surface area is 118 Å². The first kappa shape index (κ1) is 13.7. The molecule has 2 aromatic heterocycles. The van der Waals surface area contributed by atoms with E-state index in [9.17, 15) is 10.1 Å². The quantitative estimate of drug-likeness (QED) is 0.691. The van der Waals surface area contributed by atoms with Gasteiger partial charge in [0.15, 0.2) is 0 Å². The van der Waals surface area contributed by atoms with E-state index in [4.69, 9.17) is 11.6 Å². The molecule has 0 unspecified atom stereocenters. The lowest BCUT2D eigenvalue weighted by Gasteiger charge is -2.05. The molecule has 2 rings (SSSR count). The zero-order chi connectivity index (χ0) is 14.0. The van der Waals surface area contributed by atoms with Gasteiger partial charge in [-0.05, 0) is 13.8 Å². The van der Waals surface area contributed by atoms with Crippen molar-refractivity contribution in [3.8, 4) is 0 Å². The molecule has 0 bridgehead atoms. The van der Waals surface area contributed by atoms with Gasteiger partial charge in [0, 0.05) is 17.1 Å². The van der Waals surface area contributed by atoms with Crippen molar-refractivity contribution in [3.05, 3.63) is 43.0 Å². The molecule has 19 heavy (non-hydrogen) atoms. The number of halogens is 1. The number of hydrogen-bond acceptors (Lipinski definition) is 6. The molecule has 0 saturated heterocycles. The normalized spacial score (nSPS) is 10.5. The highest BCUT2D eigenvalue weighted by Crippen LogP contribution is 2.26. The molecule has 0 aromatic carbocycles. The van der Waals surface area contributed by atoms with Crippen molar-refractivity contribution in [1.82, 2.24) is 9.97 Å². The van der Waals surface area contributed by atoms with Gasteiger partial charge in [-0.1, -0.05) is 11.6 Å². The molecule has 0 aliphatic rings. The number of nitrogens with zero attached hydrogens (tertiary/aromatic N) is 3. The zero-order valence-electron chi connectivity index (χ0n) is 10.3. The Morgan fingerprint density at radius 3 is 2.84 bits per heavy atom. The second kappa shape index (κ2) is 5.50. The van der Waals surface area contributed by atoms with Gasteiger partial charge >= 0.3 is 5.69 Å². The molecule has 0 amide bonds. The molecule has 1 N–H and O–H groups in total. The van der Waals surface area contributed by atoms with Crippen LogP contribution in [0.2, 0.25) is 5.02 Å². The van der Waals surface area contributed by atoms with Gasteiger partial charge in [0.05, 0.1) is 27.2 Å². The lowest BCUT2D eigenvalue weighted by Crippen LogP contribution is -2.05. The predicted octanol–water partition coefficient (Wildman–Crippen LogP) is 3.33. The van der Waals surface area contributed by atoms with Crippen molar-refractivity contribution in [2.45, 2.75) is 20.4 Å². The SMILES string of the molecule is Cc1nc(CNc2ncc(Cl)cc2[N+](=O)[O-])c(C)s1. The first-order valence-electron chi connectivity index (χ1n) is 5.44. The summed E-state index contributed by atoms with van der Waals surface area (Å²) >= 11 is 7.29. The molecule has 2 heterocycles. The fraction of sp³-hybridized carbons (Fsp3) is 0.273. The summed E-state index contributed by atoms with van der Waals surface area (Å²) in [6.45, 7) is 4.28. The molecular weight excluding hydrogens is 288 g/mol. The van der Waals surface area contributed by atoms with E-state index in [1.165, 1.54) is 12.3 Å². The largest absolute Gasteiger partial charge is 0.359 e. The Kier molecular flexibility index (Phi) is 3.96. The molecule has 0 radical (unpaired) electrons. The second-order valence-electron chi connectivity index (χ2n) is 3.87. The van der Waals surface area contributed by atoms with Gasteiger partial charge in [0.1, 0.15) is 0 Å². The number of thiazole rings is 1. The Balaban J connectivity index is 2.20. The first-order valence-corrected chi connectivity index (χ1v) is 6.63. The van der Waals surface area contributed by atoms with E-state index in [0.29, 0.717) is 6.54 Å². The van der Waals surface area contributed by atoms with Crippen LogP contribution in [-0.4, -0.2) is 14.9 Å². The summed E-state index contributed by atoms with van der Waals surface area (Å²) in [5.41, 5.74) is 0.727. The number of nitro groups is 1. The molecule has 0 saturated carbocycles. The van der Waals surface area contributed by atoms with Gasteiger partial charge in [0.25, 0.3) is 0 Å². The first-order chi connectivity index (χ1) is 8.97. The molecule has 0 atom stereocenters. The molecular formula is C11H11ClN4O2S. The minimum atomic E-state index is -0.514. The lowest BCUT2D eigenvalue weighted by atomic mass is 10.3. The summed E-state index contributed by atoms with van der Waals surface area (Å²) in [6.07, 6.45) is 1.37. The van der Waals surface area contributed by atoms with Gasteiger partial charge in [0.2, 0.25) is 5.82 Å². The number of aromatic nitrogens is 2. The summed E-state index contributed by atoms with van der Waals surface area (Å²) in [7, 11) is 0. The lowest BCUT2D eigenvalue weighted by molar-refractivity contribution is -0.384. The van der Waals surface area contributed by atoms with Crippen molar-refractivity contribution >= 4 is 34.4 Å². The third kappa shape index (κ3) is 3.18. The molecule has 2 aromatic rings. The van der Waals surface area contributed by atoms with E-state index in [1.54, 1.807) is 11.3 Å². The number of nitrogens with one attached hydrogen (secondary N) is 1. The van der Waals surface area contributed by atoms with Crippen molar-refractivity contribution in [2.75, 3.05) is 5.32 Å². The molecule has 0 spiro atoms. The van der Waals surface area contributed by atoms with Crippen LogP contribution in [0.15, 0.2) is 12.3 Å². The summed E-state index contributed by atoms with van der Waals surface area (Å²) in [4.78, 5) is 19.8. The molecule has 8 heteroatoms. The minimum Gasteiger partial charge on any atom is -0.359 e. The second-order valence-corrected chi connectivity index (χ2v) is 5.71. The Morgan fingerprint density at radius 2 is 2.26 bits per heavy atom. The van der Waals surface area contributed by atoms with Crippen LogP contribution in [0.5, 0.6) is 0 Å². The molecule has 0 aliphatic heterocycles. The van der Waals surface area contributed by atoms with E-state index in [0.717, 1.165) is 15.6 Å². The summed E-state index contributed by atoms with van der Waals surface area (Å²) in [6, 6.07) is 1.27. The van der Waals surface area contributed by atoms with E-state index in [-0.39, 0.29) is 16.5 Å². The number of pyridine rings is 1. The van der Waals surface area contributed by atoms with Gasteiger partial charge < -0.3 is 5.32 Å². The van der Waals surface area contributed by atoms with Gasteiger partial charge in [-0.15, -0.1) is 11.3 Å². The van der Waals surface area contributed by atoms with Crippen LogP contribution in [-0.2, 0) is 6.54 Å². The monoisotopic (exact) mass is 298 g/mol. The molecule has 0 fully saturated rings. The summed E-state index contributed by atoms with van der Waals surface area (Å²) in [5.74, 6) is 0.194. The molecule has 6 nitrogen and oxygen atoms in total. The van der Waals surface area contributed by atoms with Crippen LogP contribution < -0.4 is 5.32 Å². The van der Waals surface area contributed by atoms with Crippen LogP contribution in [0.1, 0.15) is 15.6 Å². The maximum Gasteiger partial charge on any atom is 0.312 e. The maximum absolute atomic E-state index is 10.9. The van der Waals surface area contributed by atoms with Crippen molar-refractivity contribution < 1.29 is 4.92 Å². The van der Waals surface area contributed by atoms with Crippen molar-refractivity contribution in [3.63, 3.8) is 0 Å². The van der Waals surface area contributed by atoms with Gasteiger partial charge in [-0.3, -0.25) is 10.1 Å². The number of anilines is 1. The third-order valence-electron chi connectivity index (χ3n) is 2.45. The standard InChI is InChI=1S/C11H11ClN4O2S/c1-6-9(15-7(2)19-6)5-14-11-10(16(17)18)3-8(12)4-13-11/h3-4H,5H2,1-2H3,(H,13,14). The fourth-order valence-electron chi connectivity index (χ4n) is 1.61. The summed E-state index contributed by atoms with van der Waals surface area (Å²) in [5, 5.41) is 15.0. The van der Waals surface area contributed by atoms with Crippen molar-refractivity contribution in [2.24, 2.45) is 0 Å². The number of aryl methyl sites for hydroxylation is 2. The van der Waals surface area contributed by atoms with Crippen LogP contribution in [0, 0.1) is 24.0 Å².